The number of halogens is 4. The first-order chi connectivity index (χ1) is 20.8. The van der Waals surface area contributed by atoms with Gasteiger partial charge in [-0.2, -0.15) is 5.26 Å². The van der Waals surface area contributed by atoms with E-state index in [0.717, 1.165) is 6.07 Å². The number of esters is 1. The lowest BCUT2D eigenvalue weighted by molar-refractivity contribution is -0.119. The number of methoxy groups -OCH3 is 2. The summed E-state index contributed by atoms with van der Waals surface area (Å²) in [5.41, 5.74) is -1.44. The Balaban J connectivity index is 1.77. The number of benzene rings is 3. The number of carbonyl (C=O) groups is 2. The molecular formula is C33H31Cl2F2N3O4. The first-order valence-corrected chi connectivity index (χ1v) is 14.7. The fraction of sp³-hybridized carbons (Fsp3) is 0.364. The summed E-state index contributed by atoms with van der Waals surface area (Å²) in [6, 6.07) is 13.6. The van der Waals surface area contributed by atoms with Crippen LogP contribution >= 0.6 is 23.2 Å². The van der Waals surface area contributed by atoms with Gasteiger partial charge in [-0.25, -0.2) is 13.6 Å². The van der Waals surface area contributed by atoms with Gasteiger partial charge in [0, 0.05) is 22.5 Å². The summed E-state index contributed by atoms with van der Waals surface area (Å²) in [6.45, 7) is 5.95. The van der Waals surface area contributed by atoms with E-state index in [1.807, 2.05) is 25.7 Å². The zero-order chi connectivity index (χ0) is 32.1. The van der Waals surface area contributed by atoms with Crippen LogP contribution in [0.3, 0.4) is 0 Å². The van der Waals surface area contributed by atoms with Gasteiger partial charge in [0.25, 0.3) is 0 Å². The summed E-state index contributed by atoms with van der Waals surface area (Å²) < 4.78 is 42.3. The lowest BCUT2D eigenvalue weighted by Crippen LogP contribution is -2.48. The van der Waals surface area contributed by atoms with Crippen molar-refractivity contribution >= 4 is 40.8 Å². The van der Waals surface area contributed by atoms with Gasteiger partial charge in [0.1, 0.15) is 28.8 Å². The fourth-order valence-electron chi connectivity index (χ4n) is 6.72. The molecule has 4 atom stereocenters. The van der Waals surface area contributed by atoms with Crippen molar-refractivity contribution in [3.63, 3.8) is 0 Å². The highest BCUT2D eigenvalue weighted by molar-refractivity contribution is 6.31. The number of carbonyl (C=O) groups excluding carboxylic acids is 2. The molecule has 230 valence electrons. The molecule has 2 aliphatic heterocycles. The van der Waals surface area contributed by atoms with Crippen molar-refractivity contribution in [1.82, 2.24) is 4.90 Å². The molecule has 2 heterocycles. The van der Waals surface area contributed by atoms with Crippen LogP contribution in [0.2, 0.25) is 10.0 Å². The van der Waals surface area contributed by atoms with Gasteiger partial charge in [0.05, 0.1) is 43.2 Å². The second-order valence-electron chi connectivity index (χ2n) is 12.3. The monoisotopic (exact) mass is 641 g/mol. The normalized spacial score (nSPS) is 23.4. The molecule has 0 aromatic heterocycles. The molecule has 11 heteroatoms. The van der Waals surface area contributed by atoms with Crippen LogP contribution in [0, 0.1) is 28.4 Å². The summed E-state index contributed by atoms with van der Waals surface area (Å²) in [6.07, 6.45) is 0.358. The van der Waals surface area contributed by atoms with Gasteiger partial charge in [-0.05, 0) is 53.8 Å². The first-order valence-electron chi connectivity index (χ1n) is 13.9. The molecule has 0 spiro atoms. The van der Waals surface area contributed by atoms with Crippen molar-refractivity contribution < 1.29 is 27.8 Å². The van der Waals surface area contributed by atoms with Gasteiger partial charge in [-0.1, -0.05) is 62.2 Å². The topological polar surface area (TPSA) is 82.9 Å². The average Bonchev–Trinajstić information content (AvgIpc) is 3.44. The standard InChI is InChI=1S/C33H31Cl2F2N3O4/c1-32(2,3)15-26-33(16-38,21-11-10-19(34)14-23(21)36)27(20-7-6-8-22(35)28(20)37)29-30(41)39(17-40(26)29)24-12-9-18(31(42)44-5)13-25(24)43-4/h6-14,26-27,29H,15,17H2,1-5H3/t26-,27-,29+,33-/m0/s1. The Kier molecular flexibility index (Phi) is 8.40. The lowest BCUT2D eigenvalue weighted by atomic mass is 9.62. The largest absolute Gasteiger partial charge is 0.495 e. The van der Waals surface area contributed by atoms with Crippen LogP contribution in [0.1, 0.15) is 54.6 Å². The Labute approximate surface area is 264 Å². The second kappa shape index (κ2) is 11.7. The molecule has 1 amide bonds. The molecule has 0 bridgehead atoms. The van der Waals surface area contributed by atoms with E-state index in [4.69, 9.17) is 32.7 Å². The van der Waals surface area contributed by atoms with Crippen LogP contribution in [-0.4, -0.2) is 49.7 Å². The molecule has 0 N–H and O–H groups in total. The zero-order valence-electron chi connectivity index (χ0n) is 24.8. The van der Waals surface area contributed by atoms with E-state index in [9.17, 15) is 14.9 Å². The molecule has 0 unspecified atom stereocenters. The van der Waals surface area contributed by atoms with E-state index in [1.54, 1.807) is 12.1 Å². The van der Waals surface area contributed by atoms with Crippen LogP contribution in [0.5, 0.6) is 5.75 Å². The Morgan fingerprint density at radius 1 is 1.11 bits per heavy atom. The molecular weight excluding hydrogens is 611 g/mol. The third-order valence-corrected chi connectivity index (χ3v) is 9.02. The Morgan fingerprint density at radius 2 is 1.84 bits per heavy atom. The molecule has 0 saturated carbocycles. The van der Waals surface area contributed by atoms with Crippen LogP contribution in [0.15, 0.2) is 54.6 Å². The van der Waals surface area contributed by atoms with E-state index in [2.05, 4.69) is 6.07 Å². The van der Waals surface area contributed by atoms with E-state index >= 15 is 8.78 Å². The van der Waals surface area contributed by atoms with E-state index < -0.39 is 52.3 Å². The minimum Gasteiger partial charge on any atom is -0.495 e. The van der Waals surface area contributed by atoms with Gasteiger partial charge in [0.2, 0.25) is 5.91 Å². The van der Waals surface area contributed by atoms with Crippen molar-refractivity contribution in [3.8, 4) is 11.8 Å². The number of nitriles is 1. The molecule has 3 aromatic carbocycles. The van der Waals surface area contributed by atoms with Crippen molar-refractivity contribution in [1.29, 1.82) is 5.26 Å². The van der Waals surface area contributed by atoms with Gasteiger partial charge >= 0.3 is 5.97 Å². The molecule has 0 aliphatic carbocycles. The van der Waals surface area contributed by atoms with E-state index in [-0.39, 0.29) is 39.2 Å². The minimum absolute atomic E-state index is 0.00446. The summed E-state index contributed by atoms with van der Waals surface area (Å²) in [4.78, 5) is 30.1. The molecule has 0 radical (unpaired) electrons. The SMILES string of the molecule is COC(=O)c1ccc(N2CN3[C@@H](CC(C)(C)C)[C@](C#N)(c4ccc(Cl)cc4F)[C@@H](c4cccc(Cl)c4F)[C@@H]3C2=O)c(OC)c1. The summed E-state index contributed by atoms with van der Waals surface area (Å²) in [5, 5.41) is 11.1. The average molecular weight is 643 g/mol. The Morgan fingerprint density at radius 3 is 2.45 bits per heavy atom. The smallest absolute Gasteiger partial charge is 0.337 e. The number of hydrogen-bond donors (Lipinski definition) is 0. The van der Waals surface area contributed by atoms with E-state index in [1.165, 1.54) is 55.5 Å². The van der Waals surface area contributed by atoms with Crippen molar-refractivity contribution in [3.05, 3.63) is 93.0 Å². The van der Waals surface area contributed by atoms with Gasteiger partial charge in [-0.15, -0.1) is 0 Å². The highest BCUT2D eigenvalue weighted by Gasteiger charge is 2.67. The maximum absolute atomic E-state index is 16.0. The number of anilines is 1. The fourth-order valence-corrected chi connectivity index (χ4v) is 7.06. The number of hydrogen-bond acceptors (Lipinski definition) is 6. The van der Waals surface area contributed by atoms with Gasteiger partial charge in [0.15, 0.2) is 0 Å². The van der Waals surface area contributed by atoms with E-state index in [0.29, 0.717) is 12.1 Å². The first kappa shape index (κ1) is 31.7. The van der Waals surface area contributed by atoms with Crippen LogP contribution in [0.4, 0.5) is 14.5 Å². The van der Waals surface area contributed by atoms with Crippen molar-refractivity contribution in [2.75, 3.05) is 25.8 Å². The molecule has 2 saturated heterocycles. The number of ether oxygens (including phenoxy) is 2. The molecule has 2 fully saturated rings. The van der Waals surface area contributed by atoms with Crippen LogP contribution in [-0.2, 0) is 14.9 Å². The minimum atomic E-state index is -1.71. The number of amides is 1. The highest BCUT2D eigenvalue weighted by Crippen LogP contribution is 2.58. The molecule has 2 aliphatic rings. The number of rotatable bonds is 6. The summed E-state index contributed by atoms with van der Waals surface area (Å²) in [5.74, 6) is -3.44. The number of nitrogens with zero attached hydrogens (tertiary/aromatic N) is 3. The van der Waals surface area contributed by atoms with Crippen LogP contribution in [0.25, 0.3) is 0 Å². The molecule has 7 nitrogen and oxygen atoms in total. The third kappa shape index (κ3) is 5.09. The number of fused-ring (bicyclic) bond motifs is 1. The van der Waals surface area contributed by atoms with Crippen molar-refractivity contribution in [2.45, 2.75) is 50.6 Å². The zero-order valence-corrected chi connectivity index (χ0v) is 26.3. The quantitative estimate of drug-likeness (QED) is 0.267. The van der Waals surface area contributed by atoms with Crippen molar-refractivity contribution in [2.24, 2.45) is 5.41 Å². The second-order valence-corrected chi connectivity index (χ2v) is 13.1. The Hall–Kier alpha value is -3.71. The molecule has 3 aromatic rings. The summed E-state index contributed by atoms with van der Waals surface area (Å²) in [7, 11) is 2.68. The Bertz CT molecular complexity index is 1690. The maximum atomic E-state index is 16.0. The maximum Gasteiger partial charge on any atom is 0.337 e. The highest BCUT2D eigenvalue weighted by atomic mass is 35.5. The molecule has 44 heavy (non-hydrogen) atoms. The summed E-state index contributed by atoms with van der Waals surface area (Å²) >= 11 is 12.4. The predicted molar refractivity (Wildman–Crippen MR) is 163 cm³/mol. The van der Waals surface area contributed by atoms with Gasteiger partial charge < -0.3 is 9.47 Å². The predicted octanol–water partition coefficient (Wildman–Crippen LogP) is 7.11. The molecule has 5 rings (SSSR count). The van der Waals surface area contributed by atoms with Gasteiger partial charge in [-0.3, -0.25) is 14.6 Å². The lowest BCUT2D eigenvalue weighted by Gasteiger charge is -2.40. The van der Waals surface area contributed by atoms with Crippen LogP contribution < -0.4 is 9.64 Å². The third-order valence-electron chi connectivity index (χ3n) is 8.49.